The number of rotatable bonds is 3. The fraction of sp³-hybridized carbons (Fsp3) is 0.0769. The van der Waals surface area contributed by atoms with Crippen molar-refractivity contribution in [3.05, 3.63) is 60.2 Å². The lowest BCUT2D eigenvalue weighted by Gasteiger charge is -2.02. The second kappa shape index (κ2) is 4.71. The highest BCUT2D eigenvalue weighted by molar-refractivity contribution is 5.63. The summed E-state index contributed by atoms with van der Waals surface area (Å²) < 4.78 is 11.9. The van der Waals surface area contributed by atoms with E-state index in [1.54, 1.807) is 5.54 Å². The van der Waals surface area contributed by atoms with Crippen LogP contribution in [0.2, 0.25) is 0 Å². The van der Waals surface area contributed by atoms with E-state index in [4.69, 9.17) is 0 Å². The molecule has 2 heteroatoms. The Labute approximate surface area is 88.5 Å². The second-order valence-electron chi connectivity index (χ2n) is 3.37. The minimum Gasteiger partial charge on any atom is -0.155 e. The van der Waals surface area contributed by atoms with E-state index in [-0.39, 0.29) is 6.54 Å². The predicted octanol–water partition coefficient (Wildman–Crippen LogP) is 3.33. The molecule has 0 radical (unpaired) electrons. The normalized spacial score (nSPS) is 10.2. The lowest BCUT2D eigenvalue weighted by Crippen LogP contribution is -1.98. The Hall–Kier alpha value is -1.67. The fourth-order valence-corrected chi connectivity index (χ4v) is 1.52. The van der Waals surface area contributed by atoms with Crippen molar-refractivity contribution >= 4 is 0 Å². The Bertz CT molecular complexity index is 408. The zero-order valence-electron chi connectivity index (χ0n) is 8.28. The van der Waals surface area contributed by atoms with Crippen molar-refractivity contribution in [2.75, 3.05) is 0 Å². The van der Waals surface area contributed by atoms with Crippen molar-refractivity contribution < 1.29 is 4.48 Å². The molecule has 0 saturated carbocycles. The molecule has 0 aromatic heterocycles. The highest BCUT2D eigenvalue weighted by Gasteiger charge is 1.96. The molecule has 0 heterocycles. The van der Waals surface area contributed by atoms with Gasteiger partial charge in [-0.25, -0.2) is 0 Å². The molecule has 0 spiro atoms. The quantitative estimate of drug-likeness (QED) is 0.751. The summed E-state index contributed by atoms with van der Waals surface area (Å²) in [5, 5.41) is 0. The van der Waals surface area contributed by atoms with E-state index >= 15 is 0 Å². The molecular formula is C13H12FN. The first kappa shape index (κ1) is 9.87. The van der Waals surface area contributed by atoms with Crippen LogP contribution < -0.4 is 5.54 Å². The third-order valence-corrected chi connectivity index (χ3v) is 2.33. The van der Waals surface area contributed by atoms with E-state index in [2.05, 4.69) is 12.1 Å². The molecule has 1 N–H and O–H groups in total. The van der Waals surface area contributed by atoms with E-state index in [0.717, 1.165) is 11.1 Å². The van der Waals surface area contributed by atoms with E-state index in [1.165, 1.54) is 5.56 Å². The molecule has 76 valence electrons. The Morgan fingerprint density at radius 1 is 0.800 bits per heavy atom. The molecule has 0 amide bonds. The van der Waals surface area contributed by atoms with Crippen molar-refractivity contribution in [1.29, 1.82) is 0 Å². The molecule has 2 aromatic rings. The highest BCUT2D eigenvalue weighted by atomic mass is 19.2. The summed E-state index contributed by atoms with van der Waals surface area (Å²) in [5.74, 6) is 0. The van der Waals surface area contributed by atoms with Gasteiger partial charge < -0.3 is 0 Å². The molecule has 0 aliphatic rings. The smallest absolute Gasteiger partial charge is 0.0510 e. The van der Waals surface area contributed by atoms with Crippen LogP contribution in [-0.4, -0.2) is 0 Å². The van der Waals surface area contributed by atoms with Crippen molar-refractivity contribution in [1.82, 2.24) is 5.54 Å². The van der Waals surface area contributed by atoms with Crippen LogP contribution in [0.1, 0.15) is 5.56 Å². The average Bonchev–Trinajstić information content (AvgIpc) is 2.32. The van der Waals surface area contributed by atoms with Gasteiger partial charge in [-0.15, -0.1) is 4.48 Å². The SMILES string of the molecule is FNCc1ccc(-c2ccccc2)cc1. The van der Waals surface area contributed by atoms with Crippen LogP contribution in [0.15, 0.2) is 54.6 Å². The van der Waals surface area contributed by atoms with E-state index < -0.39 is 0 Å². The van der Waals surface area contributed by atoms with Gasteiger partial charge in [-0.2, -0.15) is 5.54 Å². The zero-order chi connectivity index (χ0) is 10.5. The van der Waals surface area contributed by atoms with Gasteiger partial charge in [0.2, 0.25) is 0 Å². The van der Waals surface area contributed by atoms with Crippen LogP contribution in [0.4, 0.5) is 4.48 Å². The standard InChI is InChI=1S/C13H12FN/c14-15-10-11-6-8-13(9-7-11)12-4-2-1-3-5-12/h1-9,15H,10H2. The maximum Gasteiger partial charge on any atom is 0.0510 e. The lowest BCUT2D eigenvalue weighted by molar-refractivity contribution is 0.330. The van der Waals surface area contributed by atoms with Crippen molar-refractivity contribution in [2.45, 2.75) is 6.54 Å². The number of hydrogen-bond donors (Lipinski definition) is 1. The van der Waals surface area contributed by atoms with E-state index in [1.807, 2.05) is 42.5 Å². The van der Waals surface area contributed by atoms with Crippen LogP contribution in [-0.2, 0) is 6.54 Å². The van der Waals surface area contributed by atoms with Gasteiger partial charge in [0, 0.05) is 0 Å². The molecule has 0 aliphatic carbocycles. The molecule has 0 fully saturated rings. The third kappa shape index (κ3) is 2.42. The first-order valence-corrected chi connectivity index (χ1v) is 4.88. The van der Waals surface area contributed by atoms with Crippen LogP contribution in [0.5, 0.6) is 0 Å². The second-order valence-corrected chi connectivity index (χ2v) is 3.37. The monoisotopic (exact) mass is 201 g/mol. The van der Waals surface area contributed by atoms with Gasteiger partial charge in [-0.05, 0) is 16.7 Å². The minimum absolute atomic E-state index is 0.259. The predicted molar refractivity (Wildman–Crippen MR) is 59.8 cm³/mol. The van der Waals surface area contributed by atoms with Crippen LogP contribution in [0.25, 0.3) is 11.1 Å². The average molecular weight is 201 g/mol. The van der Waals surface area contributed by atoms with Gasteiger partial charge in [-0.3, -0.25) is 0 Å². The number of halogens is 1. The molecular weight excluding hydrogens is 189 g/mol. The molecule has 0 bridgehead atoms. The number of hydrogen-bond acceptors (Lipinski definition) is 1. The van der Waals surface area contributed by atoms with Gasteiger partial charge in [-0.1, -0.05) is 54.6 Å². The Kier molecular flexibility index (Phi) is 3.10. The zero-order valence-corrected chi connectivity index (χ0v) is 8.28. The largest absolute Gasteiger partial charge is 0.155 e. The number of benzene rings is 2. The molecule has 0 atom stereocenters. The Balaban J connectivity index is 2.24. The van der Waals surface area contributed by atoms with Gasteiger partial charge in [0.25, 0.3) is 0 Å². The molecule has 0 unspecified atom stereocenters. The Morgan fingerprint density at radius 3 is 2.00 bits per heavy atom. The summed E-state index contributed by atoms with van der Waals surface area (Å²) in [7, 11) is 0. The van der Waals surface area contributed by atoms with Crippen molar-refractivity contribution in [3.8, 4) is 11.1 Å². The molecule has 2 aromatic carbocycles. The van der Waals surface area contributed by atoms with E-state index in [9.17, 15) is 4.48 Å². The summed E-state index contributed by atoms with van der Waals surface area (Å²) in [4.78, 5) is 0. The van der Waals surface area contributed by atoms with Gasteiger partial charge in [0.1, 0.15) is 0 Å². The first-order valence-electron chi connectivity index (χ1n) is 4.88. The molecule has 15 heavy (non-hydrogen) atoms. The van der Waals surface area contributed by atoms with E-state index in [0.29, 0.717) is 0 Å². The molecule has 0 aliphatic heterocycles. The topological polar surface area (TPSA) is 12.0 Å². The van der Waals surface area contributed by atoms with Crippen molar-refractivity contribution in [3.63, 3.8) is 0 Å². The highest BCUT2D eigenvalue weighted by Crippen LogP contribution is 2.18. The maximum atomic E-state index is 11.9. The van der Waals surface area contributed by atoms with Crippen LogP contribution in [0.3, 0.4) is 0 Å². The lowest BCUT2D eigenvalue weighted by atomic mass is 10.0. The van der Waals surface area contributed by atoms with Gasteiger partial charge >= 0.3 is 0 Å². The van der Waals surface area contributed by atoms with Gasteiger partial charge in [0.05, 0.1) is 6.54 Å². The summed E-state index contributed by atoms with van der Waals surface area (Å²) in [6.07, 6.45) is 0. The van der Waals surface area contributed by atoms with Crippen LogP contribution >= 0.6 is 0 Å². The number of nitrogens with one attached hydrogen (secondary N) is 1. The van der Waals surface area contributed by atoms with Crippen molar-refractivity contribution in [2.24, 2.45) is 0 Å². The fourth-order valence-electron chi connectivity index (χ4n) is 1.52. The van der Waals surface area contributed by atoms with Gasteiger partial charge in [0.15, 0.2) is 0 Å². The molecule has 1 nitrogen and oxygen atoms in total. The Morgan fingerprint density at radius 2 is 1.40 bits per heavy atom. The third-order valence-electron chi connectivity index (χ3n) is 2.33. The van der Waals surface area contributed by atoms with Crippen LogP contribution in [0, 0.1) is 0 Å². The summed E-state index contributed by atoms with van der Waals surface area (Å²) >= 11 is 0. The first-order chi connectivity index (χ1) is 7.40. The summed E-state index contributed by atoms with van der Waals surface area (Å²) in [6, 6.07) is 18.0. The maximum absolute atomic E-state index is 11.9. The molecule has 0 saturated heterocycles. The minimum atomic E-state index is 0.259. The summed E-state index contributed by atoms with van der Waals surface area (Å²) in [5.41, 5.74) is 4.91. The summed E-state index contributed by atoms with van der Waals surface area (Å²) in [6.45, 7) is 0.259. The molecule has 2 rings (SSSR count).